The van der Waals surface area contributed by atoms with Crippen LogP contribution in [-0.4, -0.2) is 51.4 Å². The van der Waals surface area contributed by atoms with E-state index in [1.165, 1.54) is 6.20 Å². The number of likely N-dealkylation sites (N-methyl/N-ethyl adjacent to an activating group) is 1. The predicted molar refractivity (Wildman–Crippen MR) is 134 cm³/mol. The smallest absolute Gasteiger partial charge is 0.0974 e. The summed E-state index contributed by atoms with van der Waals surface area (Å²) < 4.78 is 2.04. The molecule has 1 aromatic heterocycles. The van der Waals surface area contributed by atoms with Crippen molar-refractivity contribution in [1.29, 1.82) is 0 Å². The van der Waals surface area contributed by atoms with Crippen LogP contribution in [0.25, 0.3) is 0 Å². The van der Waals surface area contributed by atoms with Gasteiger partial charge in [-0.05, 0) is 24.7 Å². The van der Waals surface area contributed by atoms with Gasteiger partial charge in [-0.1, -0.05) is 47.6 Å². The van der Waals surface area contributed by atoms with Crippen molar-refractivity contribution in [2.75, 3.05) is 13.6 Å². The number of hydrogen-bond acceptors (Lipinski definition) is 6. The summed E-state index contributed by atoms with van der Waals surface area (Å²) in [4.78, 5) is 11.5. The molecule has 1 atom stereocenters. The molecule has 0 bridgehead atoms. The molecule has 0 aliphatic carbocycles. The normalized spacial score (nSPS) is 18.0. The number of nitrogens with zero attached hydrogens (tertiary/aromatic N) is 5. The standard InChI is InChI=1S/C25H40N6O/c1-8-11-22-24(19-14-28-31(16-19)20(9-2)10-3)29-21(17-30(22)7)18(12-26)13-27-15-23(32)25(4,5)6/h11-14,16-17,20,23,32H,8-10,15,26H2,1-7H3/b18-12?,22-11-,27-13?. The van der Waals surface area contributed by atoms with E-state index in [0.29, 0.717) is 18.2 Å². The first-order valence-corrected chi connectivity index (χ1v) is 11.5. The van der Waals surface area contributed by atoms with E-state index in [4.69, 9.17) is 10.7 Å². The zero-order valence-electron chi connectivity index (χ0n) is 20.7. The summed E-state index contributed by atoms with van der Waals surface area (Å²) in [6.07, 6.45) is 13.7. The summed E-state index contributed by atoms with van der Waals surface area (Å²) in [7, 11) is 2.01. The van der Waals surface area contributed by atoms with Crippen molar-refractivity contribution >= 4 is 11.9 Å². The number of aliphatic hydroxyl groups is 1. The minimum atomic E-state index is -0.533. The lowest BCUT2D eigenvalue weighted by molar-refractivity contribution is 0.0714. The molecular weight excluding hydrogens is 400 g/mol. The van der Waals surface area contributed by atoms with E-state index < -0.39 is 6.10 Å². The molecule has 0 fully saturated rings. The summed E-state index contributed by atoms with van der Waals surface area (Å²) in [5.74, 6) is 0. The van der Waals surface area contributed by atoms with Crippen molar-refractivity contribution in [2.24, 2.45) is 21.1 Å². The molecule has 0 saturated heterocycles. The Labute approximate surface area is 193 Å². The van der Waals surface area contributed by atoms with E-state index in [1.54, 1.807) is 6.21 Å². The van der Waals surface area contributed by atoms with E-state index in [1.807, 2.05) is 44.9 Å². The van der Waals surface area contributed by atoms with Gasteiger partial charge in [0.15, 0.2) is 0 Å². The molecule has 32 heavy (non-hydrogen) atoms. The van der Waals surface area contributed by atoms with E-state index in [2.05, 4.69) is 48.0 Å². The van der Waals surface area contributed by atoms with Crippen LogP contribution in [0, 0.1) is 5.41 Å². The van der Waals surface area contributed by atoms with Crippen LogP contribution < -0.4 is 5.73 Å². The molecule has 2 rings (SSSR count). The Kier molecular flexibility index (Phi) is 9.01. The summed E-state index contributed by atoms with van der Waals surface area (Å²) in [6.45, 7) is 12.8. The minimum Gasteiger partial charge on any atom is -0.404 e. The van der Waals surface area contributed by atoms with Crippen LogP contribution in [-0.2, 0) is 0 Å². The van der Waals surface area contributed by atoms with E-state index in [-0.39, 0.29) is 5.41 Å². The van der Waals surface area contributed by atoms with Gasteiger partial charge in [0.1, 0.15) is 0 Å². The molecule has 0 saturated carbocycles. The van der Waals surface area contributed by atoms with Gasteiger partial charge in [0, 0.05) is 43.0 Å². The average Bonchev–Trinajstić information content (AvgIpc) is 3.22. The molecule has 176 valence electrons. The molecule has 7 nitrogen and oxygen atoms in total. The summed E-state index contributed by atoms with van der Waals surface area (Å²) >= 11 is 0. The number of rotatable bonds is 9. The molecule has 0 radical (unpaired) electrons. The first-order chi connectivity index (χ1) is 15.2. The maximum atomic E-state index is 10.3. The number of aliphatic imine (C=N–C) groups is 2. The van der Waals surface area contributed by atoms with Crippen molar-refractivity contribution in [3.05, 3.63) is 53.4 Å². The van der Waals surface area contributed by atoms with Crippen LogP contribution >= 0.6 is 0 Å². The molecule has 1 aliphatic heterocycles. The lowest BCUT2D eigenvalue weighted by Gasteiger charge is -2.26. The Bertz CT molecular complexity index is 909. The molecule has 7 heteroatoms. The second-order valence-corrected chi connectivity index (χ2v) is 9.26. The SMILES string of the molecule is CC/C=C1/C(c2cnn(C(CC)CC)c2)=NC(C(C=NCC(O)C(C)(C)C)=CN)=CN1C. The molecule has 0 aromatic carbocycles. The lowest BCUT2D eigenvalue weighted by atomic mass is 9.89. The second-order valence-electron chi connectivity index (χ2n) is 9.26. The fourth-order valence-electron chi connectivity index (χ4n) is 3.45. The number of nitrogens with two attached hydrogens (primary N) is 1. The van der Waals surface area contributed by atoms with E-state index in [9.17, 15) is 5.11 Å². The second kappa shape index (κ2) is 11.3. The fourth-order valence-corrected chi connectivity index (χ4v) is 3.45. The third-order valence-electron chi connectivity index (χ3n) is 5.74. The van der Waals surface area contributed by atoms with Crippen LogP contribution in [0.3, 0.4) is 0 Å². The van der Waals surface area contributed by atoms with Crippen molar-refractivity contribution in [3.8, 4) is 0 Å². The molecule has 0 amide bonds. The van der Waals surface area contributed by atoms with E-state index >= 15 is 0 Å². The van der Waals surface area contributed by atoms with Crippen LogP contribution in [0.2, 0.25) is 0 Å². The van der Waals surface area contributed by atoms with Crippen molar-refractivity contribution < 1.29 is 5.11 Å². The molecular formula is C25H40N6O. The van der Waals surface area contributed by atoms with Crippen molar-refractivity contribution in [3.63, 3.8) is 0 Å². The maximum absolute atomic E-state index is 10.3. The molecule has 0 spiro atoms. The topological polar surface area (TPSA) is 92.0 Å². The minimum absolute atomic E-state index is 0.228. The van der Waals surface area contributed by atoms with Gasteiger partial charge in [0.05, 0.1) is 42.0 Å². The first-order valence-electron chi connectivity index (χ1n) is 11.5. The van der Waals surface area contributed by atoms with Crippen LogP contribution in [0.15, 0.2) is 57.8 Å². The third kappa shape index (κ3) is 6.19. The summed E-state index contributed by atoms with van der Waals surface area (Å²) in [5.41, 5.74) is 10.0. The quantitative estimate of drug-likeness (QED) is 0.556. The number of allylic oxidation sites excluding steroid dienone is 3. The highest BCUT2D eigenvalue weighted by Gasteiger charge is 2.23. The Balaban J connectivity index is 2.39. The van der Waals surface area contributed by atoms with Gasteiger partial charge in [-0.3, -0.25) is 9.67 Å². The highest BCUT2D eigenvalue weighted by Crippen LogP contribution is 2.26. The Morgan fingerprint density at radius 2 is 1.94 bits per heavy atom. The van der Waals surface area contributed by atoms with Gasteiger partial charge in [0.2, 0.25) is 0 Å². The average molecular weight is 441 g/mol. The Morgan fingerprint density at radius 1 is 1.25 bits per heavy atom. The van der Waals surface area contributed by atoms with E-state index in [0.717, 1.165) is 41.9 Å². The molecule has 2 heterocycles. The highest BCUT2D eigenvalue weighted by atomic mass is 16.3. The first kappa shape index (κ1) is 25.6. The zero-order chi connectivity index (χ0) is 23.9. The highest BCUT2D eigenvalue weighted by molar-refractivity contribution is 6.13. The predicted octanol–water partition coefficient (Wildman–Crippen LogP) is 4.43. The van der Waals surface area contributed by atoms with Gasteiger partial charge in [-0.2, -0.15) is 5.10 Å². The zero-order valence-corrected chi connectivity index (χ0v) is 20.7. The van der Waals surface area contributed by atoms with Gasteiger partial charge in [-0.25, -0.2) is 4.99 Å². The lowest BCUT2D eigenvalue weighted by Crippen LogP contribution is -2.28. The van der Waals surface area contributed by atoms with Gasteiger partial charge in [0.25, 0.3) is 0 Å². The molecule has 1 unspecified atom stereocenters. The van der Waals surface area contributed by atoms with Crippen molar-refractivity contribution in [2.45, 2.75) is 73.0 Å². The number of aliphatic hydroxyl groups excluding tert-OH is 1. The third-order valence-corrected chi connectivity index (χ3v) is 5.74. The fraction of sp³-hybridized carbons (Fsp3) is 0.560. The van der Waals surface area contributed by atoms with Gasteiger partial charge >= 0.3 is 0 Å². The molecule has 3 N–H and O–H groups in total. The Morgan fingerprint density at radius 3 is 2.50 bits per heavy atom. The van der Waals surface area contributed by atoms with Crippen LogP contribution in [0.1, 0.15) is 72.4 Å². The Hall–Kier alpha value is -2.67. The number of hydrogen-bond donors (Lipinski definition) is 2. The summed E-state index contributed by atoms with van der Waals surface area (Å²) in [6, 6.07) is 0.375. The number of aromatic nitrogens is 2. The van der Waals surface area contributed by atoms with Gasteiger partial charge in [-0.15, -0.1) is 0 Å². The van der Waals surface area contributed by atoms with Crippen molar-refractivity contribution in [1.82, 2.24) is 14.7 Å². The van der Waals surface area contributed by atoms with Crippen LogP contribution in [0.5, 0.6) is 0 Å². The maximum Gasteiger partial charge on any atom is 0.0974 e. The largest absolute Gasteiger partial charge is 0.404 e. The monoisotopic (exact) mass is 440 g/mol. The molecule has 1 aliphatic rings. The molecule has 1 aromatic rings. The van der Waals surface area contributed by atoms with Crippen LogP contribution in [0.4, 0.5) is 0 Å². The van der Waals surface area contributed by atoms with Gasteiger partial charge < -0.3 is 15.7 Å². The summed E-state index contributed by atoms with van der Waals surface area (Å²) in [5, 5.41) is 14.9.